The lowest BCUT2D eigenvalue weighted by molar-refractivity contribution is 0.0696. The third-order valence-corrected chi connectivity index (χ3v) is 1.92. The van der Waals surface area contributed by atoms with E-state index in [0.29, 0.717) is 0 Å². The molecule has 0 radical (unpaired) electrons. The maximum atomic E-state index is 10.4. The Balaban J connectivity index is 0.000000225. The summed E-state index contributed by atoms with van der Waals surface area (Å²) in [6, 6.07) is 10.9. The van der Waals surface area contributed by atoms with Crippen LogP contribution in [-0.4, -0.2) is 27.1 Å². The number of carboxylic acid groups (broad SMARTS) is 2. The summed E-state index contributed by atoms with van der Waals surface area (Å²) in [7, 11) is 0. The van der Waals surface area contributed by atoms with Crippen LogP contribution in [0.15, 0.2) is 54.9 Å². The second-order valence-electron chi connectivity index (χ2n) is 3.22. The van der Waals surface area contributed by atoms with Crippen LogP contribution in [0.25, 0.3) is 0 Å². The molecule has 0 aliphatic rings. The van der Waals surface area contributed by atoms with Gasteiger partial charge in [-0.05, 0) is 30.3 Å². The summed E-state index contributed by atoms with van der Waals surface area (Å²) in [6.07, 6.45) is 3.50. The van der Waals surface area contributed by atoms with Crippen LogP contribution in [0.5, 0.6) is 0 Å². The Bertz CT molecular complexity index is 470. The minimum Gasteiger partial charge on any atom is -0.478 e. The number of rotatable bonds is 2. The van der Waals surface area contributed by atoms with Crippen LogP contribution in [0.2, 0.25) is 0 Å². The molecule has 0 saturated carbocycles. The Morgan fingerprint density at radius 3 is 1.61 bits per heavy atom. The molecule has 92 valence electrons. The second kappa shape index (κ2) is 6.80. The average Bonchev–Trinajstić information content (AvgIpc) is 2.41. The first kappa shape index (κ1) is 13.4. The van der Waals surface area contributed by atoms with Crippen LogP contribution in [0.1, 0.15) is 20.7 Å². The first-order valence-electron chi connectivity index (χ1n) is 5.03. The predicted octanol–water partition coefficient (Wildman–Crippen LogP) is 2.16. The largest absolute Gasteiger partial charge is 0.478 e. The number of carbonyl (C=O) groups is 2. The highest BCUT2D eigenvalue weighted by atomic mass is 16.4. The second-order valence-corrected chi connectivity index (χ2v) is 3.22. The summed E-state index contributed by atoms with van der Waals surface area (Å²) in [5.41, 5.74) is -0.0372. The fourth-order valence-corrected chi connectivity index (χ4v) is 1.10. The van der Waals surface area contributed by atoms with E-state index < -0.39 is 11.9 Å². The van der Waals surface area contributed by atoms with E-state index in [4.69, 9.17) is 10.2 Å². The summed E-state index contributed by atoms with van der Waals surface area (Å²) >= 11 is 0. The van der Waals surface area contributed by atoms with E-state index in [0.717, 1.165) is 6.07 Å². The molecule has 5 nitrogen and oxygen atoms in total. The zero-order valence-electron chi connectivity index (χ0n) is 9.35. The third kappa shape index (κ3) is 4.44. The number of carboxylic acids is 2. The number of benzene rings is 1. The Morgan fingerprint density at radius 1 is 0.833 bits per heavy atom. The lowest BCUT2D eigenvalue weighted by Gasteiger charge is -1.95. The number of nitrogens with zero attached hydrogens (tertiary/aromatic N) is 1. The van der Waals surface area contributed by atoms with E-state index in [9.17, 15) is 9.59 Å². The van der Waals surface area contributed by atoms with Gasteiger partial charge in [0.25, 0.3) is 0 Å². The minimum atomic E-state index is -1.13. The van der Waals surface area contributed by atoms with Crippen LogP contribution in [0.4, 0.5) is 0 Å². The molecule has 0 bridgehead atoms. The van der Waals surface area contributed by atoms with Crippen LogP contribution in [-0.2, 0) is 0 Å². The van der Waals surface area contributed by atoms with E-state index in [-0.39, 0.29) is 11.1 Å². The first-order chi connectivity index (χ1) is 8.61. The molecule has 0 atom stereocenters. The summed E-state index contributed by atoms with van der Waals surface area (Å²) < 4.78 is 0. The van der Waals surface area contributed by atoms with Gasteiger partial charge in [-0.2, -0.15) is 0 Å². The minimum absolute atomic E-state index is 0.0186. The monoisotopic (exact) mass is 245 g/mol. The van der Waals surface area contributed by atoms with Crippen molar-refractivity contribution in [2.75, 3.05) is 0 Å². The molecule has 0 unspecified atom stereocenters. The fourth-order valence-electron chi connectivity index (χ4n) is 1.10. The normalized spacial score (nSPS) is 8.89. The van der Waals surface area contributed by atoms with Gasteiger partial charge in [0.05, 0.1) is 11.1 Å². The molecule has 1 aromatic carbocycles. The third-order valence-electron chi connectivity index (χ3n) is 1.92. The summed E-state index contributed by atoms with van der Waals surface area (Å²) in [5.74, 6) is -2.25. The Hall–Kier alpha value is -2.69. The average molecular weight is 245 g/mol. The van der Waals surface area contributed by atoms with Crippen LogP contribution in [0.3, 0.4) is 0 Å². The molecule has 2 aromatic rings. The maximum absolute atomic E-state index is 10.4. The highest BCUT2D eigenvalue weighted by Crippen LogP contribution is 2.04. The van der Waals surface area contributed by atoms with E-state index in [1.54, 1.807) is 12.4 Å². The number of aromatic nitrogens is 1. The van der Waals surface area contributed by atoms with Crippen molar-refractivity contribution in [3.05, 3.63) is 66.0 Å². The first-order valence-corrected chi connectivity index (χ1v) is 5.03. The van der Waals surface area contributed by atoms with E-state index in [1.165, 1.54) is 18.2 Å². The van der Waals surface area contributed by atoms with Crippen LogP contribution < -0.4 is 0 Å². The molecule has 0 aliphatic heterocycles. The smallest absolute Gasteiger partial charge is 0.335 e. The zero-order chi connectivity index (χ0) is 13.4. The molecular weight excluding hydrogens is 234 g/mol. The number of hydrogen-bond donors (Lipinski definition) is 2. The molecule has 2 N–H and O–H groups in total. The van der Waals surface area contributed by atoms with Crippen molar-refractivity contribution in [1.82, 2.24) is 4.98 Å². The van der Waals surface area contributed by atoms with E-state index >= 15 is 0 Å². The highest BCUT2D eigenvalue weighted by molar-refractivity contribution is 5.93. The highest BCUT2D eigenvalue weighted by Gasteiger charge is 2.06. The topological polar surface area (TPSA) is 87.5 Å². The van der Waals surface area contributed by atoms with Gasteiger partial charge in [0.15, 0.2) is 0 Å². The van der Waals surface area contributed by atoms with Crippen LogP contribution >= 0.6 is 0 Å². The van der Waals surface area contributed by atoms with Crippen LogP contribution in [0, 0.1) is 0 Å². The Kier molecular flexibility index (Phi) is 5.05. The SMILES string of the molecule is O=C(O)c1cccc(C(=O)O)c1.c1ccncc1. The van der Waals surface area contributed by atoms with Crippen molar-refractivity contribution in [3.8, 4) is 0 Å². The molecule has 0 aliphatic carbocycles. The van der Waals surface area contributed by atoms with E-state index in [1.807, 2.05) is 18.2 Å². The van der Waals surface area contributed by atoms with Gasteiger partial charge in [0.2, 0.25) is 0 Å². The van der Waals surface area contributed by atoms with Gasteiger partial charge in [-0.1, -0.05) is 12.1 Å². The molecule has 5 heteroatoms. The molecule has 1 aromatic heterocycles. The van der Waals surface area contributed by atoms with Crippen molar-refractivity contribution >= 4 is 11.9 Å². The van der Waals surface area contributed by atoms with Crippen molar-refractivity contribution in [1.29, 1.82) is 0 Å². The number of aromatic carboxylic acids is 2. The molecule has 0 spiro atoms. The lowest BCUT2D eigenvalue weighted by Crippen LogP contribution is -2.01. The summed E-state index contributed by atoms with van der Waals surface area (Å²) in [4.78, 5) is 24.6. The molecular formula is C13H11NO4. The lowest BCUT2D eigenvalue weighted by atomic mass is 10.1. The fraction of sp³-hybridized carbons (Fsp3) is 0. The molecule has 0 saturated heterocycles. The van der Waals surface area contributed by atoms with E-state index in [2.05, 4.69) is 4.98 Å². The number of hydrogen-bond acceptors (Lipinski definition) is 3. The quantitative estimate of drug-likeness (QED) is 0.846. The van der Waals surface area contributed by atoms with Gasteiger partial charge < -0.3 is 10.2 Å². The van der Waals surface area contributed by atoms with Crippen molar-refractivity contribution in [2.45, 2.75) is 0 Å². The van der Waals surface area contributed by atoms with Gasteiger partial charge in [0, 0.05) is 12.4 Å². The predicted molar refractivity (Wildman–Crippen MR) is 64.6 cm³/mol. The van der Waals surface area contributed by atoms with Crippen molar-refractivity contribution < 1.29 is 19.8 Å². The van der Waals surface area contributed by atoms with Crippen molar-refractivity contribution in [2.24, 2.45) is 0 Å². The molecule has 18 heavy (non-hydrogen) atoms. The van der Waals surface area contributed by atoms with Gasteiger partial charge in [0.1, 0.15) is 0 Å². The molecule has 0 amide bonds. The molecule has 2 rings (SSSR count). The summed E-state index contributed by atoms with van der Waals surface area (Å²) in [5, 5.41) is 17.0. The molecule has 1 heterocycles. The Morgan fingerprint density at radius 2 is 1.33 bits per heavy atom. The van der Waals surface area contributed by atoms with Gasteiger partial charge >= 0.3 is 11.9 Å². The van der Waals surface area contributed by atoms with Crippen molar-refractivity contribution in [3.63, 3.8) is 0 Å². The number of pyridine rings is 1. The summed E-state index contributed by atoms with van der Waals surface area (Å²) in [6.45, 7) is 0. The Labute approximate surface area is 103 Å². The molecule has 0 fully saturated rings. The zero-order valence-corrected chi connectivity index (χ0v) is 9.35. The van der Waals surface area contributed by atoms with Gasteiger partial charge in [-0.25, -0.2) is 9.59 Å². The van der Waals surface area contributed by atoms with Gasteiger partial charge in [-0.3, -0.25) is 4.98 Å². The maximum Gasteiger partial charge on any atom is 0.335 e. The standard InChI is InChI=1S/C8H6O4.C5H5N/c9-7(10)5-2-1-3-6(4-5)8(11)12;1-2-4-6-5-3-1/h1-4H,(H,9,10)(H,11,12);1-5H. The van der Waals surface area contributed by atoms with Gasteiger partial charge in [-0.15, -0.1) is 0 Å².